The summed E-state index contributed by atoms with van der Waals surface area (Å²) in [6, 6.07) is 7.81. The minimum absolute atomic E-state index is 0.243. The van der Waals surface area contributed by atoms with Crippen molar-refractivity contribution in [2.45, 2.75) is 18.8 Å². The summed E-state index contributed by atoms with van der Waals surface area (Å²) in [5.41, 5.74) is 5.18. The van der Waals surface area contributed by atoms with Crippen LogP contribution in [0.2, 0.25) is 0 Å². The third-order valence-electron chi connectivity index (χ3n) is 1.92. The van der Waals surface area contributed by atoms with E-state index in [0.29, 0.717) is 6.92 Å². The van der Waals surface area contributed by atoms with Crippen LogP contribution in [0.15, 0.2) is 30.3 Å². The maximum absolute atomic E-state index is 13.0. The van der Waals surface area contributed by atoms with Crippen molar-refractivity contribution >= 4 is 5.91 Å². The van der Waals surface area contributed by atoms with Crippen LogP contribution in [0, 0.1) is 0 Å². The molecule has 0 aliphatic heterocycles. The van der Waals surface area contributed by atoms with E-state index in [9.17, 15) is 13.6 Å². The molecule has 4 heteroatoms. The maximum atomic E-state index is 13.0. The summed E-state index contributed by atoms with van der Waals surface area (Å²) in [5.74, 6) is -5.69. The molecule has 0 aliphatic carbocycles. The fourth-order valence-electron chi connectivity index (χ4n) is 1.35. The molecule has 0 saturated heterocycles. The van der Waals surface area contributed by atoms with Crippen LogP contribution in [0.5, 0.6) is 0 Å². The van der Waals surface area contributed by atoms with E-state index in [4.69, 9.17) is 5.73 Å². The van der Waals surface area contributed by atoms with Gasteiger partial charge in [-0.05, 0) is 5.56 Å². The number of hydrogen-bond donors (Lipinski definition) is 1. The largest absolute Gasteiger partial charge is 0.369 e. The van der Waals surface area contributed by atoms with E-state index in [-0.39, 0.29) is 5.56 Å². The Morgan fingerprint density at radius 3 is 2.21 bits per heavy atom. The molecule has 0 aromatic heterocycles. The topological polar surface area (TPSA) is 43.1 Å². The third kappa shape index (κ3) is 2.28. The molecule has 2 nitrogen and oxygen atoms in total. The van der Waals surface area contributed by atoms with E-state index < -0.39 is 17.7 Å². The highest BCUT2D eigenvalue weighted by Crippen LogP contribution is 2.32. The Morgan fingerprint density at radius 1 is 1.36 bits per heavy atom. The standard InChI is InChI=1S/C10H11F2NO/c1-10(11,12)8(9(13)14)7-5-3-2-4-6-7/h2-6,8H,1H3,(H2,13,14). The second-order valence-corrected chi connectivity index (χ2v) is 3.20. The van der Waals surface area contributed by atoms with Gasteiger partial charge in [-0.2, -0.15) is 0 Å². The van der Waals surface area contributed by atoms with Crippen LogP contribution in [-0.2, 0) is 4.79 Å². The summed E-state index contributed by atoms with van der Waals surface area (Å²) in [6.07, 6.45) is 0. The number of rotatable bonds is 3. The van der Waals surface area contributed by atoms with E-state index in [1.54, 1.807) is 18.2 Å². The van der Waals surface area contributed by atoms with Crippen molar-refractivity contribution < 1.29 is 13.6 Å². The Bertz CT molecular complexity index is 319. The van der Waals surface area contributed by atoms with Crippen molar-refractivity contribution in [1.82, 2.24) is 0 Å². The third-order valence-corrected chi connectivity index (χ3v) is 1.92. The zero-order chi connectivity index (χ0) is 10.8. The number of amides is 1. The van der Waals surface area contributed by atoms with Crippen LogP contribution < -0.4 is 5.73 Å². The van der Waals surface area contributed by atoms with Gasteiger partial charge in [0.15, 0.2) is 0 Å². The first-order valence-electron chi connectivity index (χ1n) is 4.15. The Kier molecular flexibility index (Phi) is 2.84. The monoisotopic (exact) mass is 199 g/mol. The molecular weight excluding hydrogens is 188 g/mol. The fraction of sp³-hybridized carbons (Fsp3) is 0.300. The van der Waals surface area contributed by atoms with Crippen molar-refractivity contribution in [1.29, 1.82) is 0 Å². The summed E-state index contributed by atoms with van der Waals surface area (Å²) in [4.78, 5) is 10.9. The molecule has 0 radical (unpaired) electrons. The number of halogens is 2. The number of alkyl halides is 2. The van der Waals surface area contributed by atoms with Gasteiger partial charge in [0, 0.05) is 6.92 Å². The molecule has 0 bridgehead atoms. The summed E-state index contributed by atoms with van der Waals surface area (Å²) < 4.78 is 26.0. The van der Waals surface area contributed by atoms with E-state index in [2.05, 4.69) is 0 Å². The lowest BCUT2D eigenvalue weighted by Crippen LogP contribution is -2.34. The number of carbonyl (C=O) groups is 1. The van der Waals surface area contributed by atoms with Crippen molar-refractivity contribution in [3.05, 3.63) is 35.9 Å². The lowest BCUT2D eigenvalue weighted by molar-refractivity contribution is -0.127. The van der Waals surface area contributed by atoms with Crippen LogP contribution in [0.25, 0.3) is 0 Å². The van der Waals surface area contributed by atoms with Gasteiger partial charge in [-0.1, -0.05) is 30.3 Å². The normalized spacial score (nSPS) is 13.6. The molecule has 14 heavy (non-hydrogen) atoms. The summed E-state index contributed by atoms with van der Waals surface area (Å²) in [7, 11) is 0. The lowest BCUT2D eigenvalue weighted by atomic mass is 9.93. The van der Waals surface area contributed by atoms with Gasteiger partial charge in [-0.3, -0.25) is 4.79 Å². The molecule has 2 N–H and O–H groups in total. The van der Waals surface area contributed by atoms with E-state index in [1.807, 2.05) is 0 Å². The average Bonchev–Trinajstić information content (AvgIpc) is 2.02. The lowest BCUT2D eigenvalue weighted by Gasteiger charge is -2.20. The minimum atomic E-state index is -3.13. The number of primary amides is 1. The molecular formula is C10H11F2NO. The van der Waals surface area contributed by atoms with Gasteiger partial charge in [0.25, 0.3) is 5.92 Å². The van der Waals surface area contributed by atoms with Crippen molar-refractivity contribution in [2.75, 3.05) is 0 Å². The van der Waals surface area contributed by atoms with E-state index in [0.717, 1.165) is 0 Å². The van der Waals surface area contributed by atoms with Gasteiger partial charge in [0.1, 0.15) is 5.92 Å². The first-order chi connectivity index (χ1) is 6.43. The Balaban J connectivity index is 3.08. The minimum Gasteiger partial charge on any atom is -0.369 e. The molecule has 1 aromatic carbocycles. The number of benzene rings is 1. The second-order valence-electron chi connectivity index (χ2n) is 3.20. The first-order valence-corrected chi connectivity index (χ1v) is 4.15. The first kappa shape index (κ1) is 10.6. The molecule has 76 valence electrons. The molecule has 0 aliphatic rings. The van der Waals surface area contributed by atoms with E-state index in [1.165, 1.54) is 12.1 Å². The molecule has 0 heterocycles. The van der Waals surface area contributed by atoms with Crippen LogP contribution in [0.1, 0.15) is 18.4 Å². The Morgan fingerprint density at radius 2 is 1.86 bits per heavy atom. The predicted molar refractivity (Wildman–Crippen MR) is 49.0 cm³/mol. The van der Waals surface area contributed by atoms with Gasteiger partial charge < -0.3 is 5.73 Å². The molecule has 1 aromatic rings. The second kappa shape index (κ2) is 3.74. The molecule has 1 unspecified atom stereocenters. The fourth-order valence-corrected chi connectivity index (χ4v) is 1.35. The van der Waals surface area contributed by atoms with Crippen LogP contribution in [0.3, 0.4) is 0 Å². The van der Waals surface area contributed by atoms with Gasteiger partial charge in [-0.15, -0.1) is 0 Å². The highest BCUT2D eigenvalue weighted by atomic mass is 19.3. The molecule has 0 fully saturated rings. The maximum Gasteiger partial charge on any atom is 0.260 e. The zero-order valence-corrected chi connectivity index (χ0v) is 7.71. The highest BCUT2D eigenvalue weighted by molar-refractivity contribution is 5.83. The van der Waals surface area contributed by atoms with Crippen molar-refractivity contribution in [3.63, 3.8) is 0 Å². The number of nitrogens with two attached hydrogens (primary N) is 1. The Labute approximate surface area is 80.7 Å². The van der Waals surface area contributed by atoms with Crippen molar-refractivity contribution in [3.8, 4) is 0 Å². The zero-order valence-electron chi connectivity index (χ0n) is 7.71. The van der Waals surface area contributed by atoms with Crippen LogP contribution >= 0.6 is 0 Å². The summed E-state index contributed by atoms with van der Waals surface area (Å²) in [5, 5.41) is 0. The van der Waals surface area contributed by atoms with Gasteiger partial charge in [-0.25, -0.2) is 8.78 Å². The Hall–Kier alpha value is -1.45. The number of carbonyl (C=O) groups excluding carboxylic acids is 1. The quantitative estimate of drug-likeness (QED) is 0.793. The highest BCUT2D eigenvalue weighted by Gasteiger charge is 2.39. The predicted octanol–water partition coefficient (Wildman–Crippen LogP) is 1.91. The average molecular weight is 199 g/mol. The van der Waals surface area contributed by atoms with Crippen LogP contribution in [-0.4, -0.2) is 11.8 Å². The molecule has 0 saturated carbocycles. The van der Waals surface area contributed by atoms with Crippen LogP contribution in [0.4, 0.5) is 8.78 Å². The molecule has 1 amide bonds. The van der Waals surface area contributed by atoms with E-state index >= 15 is 0 Å². The smallest absolute Gasteiger partial charge is 0.260 e. The molecule has 1 atom stereocenters. The number of hydrogen-bond acceptors (Lipinski definition) is 1. The molecule has 0 spiro atoms. The molecule has 1 rings (SSSR count). The van der Waals surface area contributed by atoms with Gasteiger partial charge in [0.05, 0.1) is 0 Å². The SMILES string of the molecule is CC(F)(F)C(C(N)=O)c1ccccc1. The summed E-state index contributed by atoms with van der Waals surface area (Å²) in [6.45, 7) is 0.690. The van der Waals surface area contributed by atoms with Gasteiger partial charge in [0.2, 0.25) is 5.91 Å². The summed E-state index contributed by atoms with van der Waals surface area (Å²) >= 11 is 0. The van der Waals surface area contributed by atoms with Crippen molar-refractivity contribution in [2.24, 2.45) is 5.73 Å². The van der Waals surface area contributed by atoms with Gasteiger partial charge >= 0.3 is 0 Å².